The van der Waals surface area contributed by atoms with E-state index in [-0.39, 0.29) is 5.91 Å². The predicted octanol–water partition coefficient (Wildman–Crippen LogP) is 4.31. The van der Waals surface area contributed by atoms with Gasteiger partial charge in [-0.05, 0) is 55.5 Å². The van der Waals surface area contributed by atoms with E-state index in [1.54, 1.807) is 24.8 Å². The molecule has 0 saturated carbocycles. The van der Waals surface area contributed by atoms with Crippen LogP contribution in [-0.4, -0.2) is 28.7 Å². The Bertz CT molecular complexity index is 938. The second kappa shape index (κ2) is 7.63. The van der Waals surface area contributed by atoms with Gasteiger partial charge in [0, 0.05) is 16.0 Å². The van der Waals surface area contributed by atoms with E-state index in [2.05, 4.69) is 15.3 Å². The van der Waals surface area contributed by atoms with Crippen molar-refractivity contribution in [2.75, 3.05) is 18.2 Å². The first-order chi connectivity index (χ1) is 12.7. The molecule has 4 rings (SSSR count). The molecule has 0 aliphatic heterocycles. The number of thioether (sulfide) groups is 1. The van der Waals surface area contributed by atoms with Gasteiger partial charge in [0.05, 0.1) is 12.9 Å². The molecule has 0 fully saturated rings. The Kier molecular flexibility index (Phi) is 5.08. The van der Waals surface area contributed by atoms with Crippen LogP contribution in [0.1, 0.15) is 23.3 Å². The zero-order chi connectivity index (χ0) is 17.9. The third-order valence-corrected chi connectivity index (χ3v) is 6.62. The number of carbonyl (C=O) groups excluding carboxylic acids is 1. The first-order valence-electron chi connectivity index (χ1n) is 8.56. The molecule has 0 atom stereocenters. The minimum absolute atomic E-state index is 0.0453. The van der Waals surface area contributed by atoms with E-state index in [4.69, 9.17) is 4.74 Å². The molecule has 7 heteroatoms. The number of hydrogen-bond acceptors (Lipinski definition) is 6. The number of aromatic nitrogens is 2. The van der Waals surface area contributed by atoms with Gasteiger partial charge in [-0.3, -0.25) is 4.79 Å². The van der Waals surface area contributed by atoms with Gasteiger partial charge in [0.2, 0.25) is 5.91 Å². The molecule has 0 radical (unpaired) electrons. The van der Waals surface area contributed by atoms with Crippen molar-refractivity contribution >= 4 is 44.9 Å². The van der Waals surface area contributed by atoms with Crippen LogP contribution in [0, 0.1) is 0 Å². The van der Waals surface area contributed by atoms with Crippen LogP contribution in [0.3, 0.4) is 0 Å². The Morgan fingerprint density at radius 3 is 2.85 bits per heavy atom. The van der Waals surface area contributed by atoms with Crippen LogP contribution < -0.4 is 10.1 Å². The second-order valence-electron chi connectivity index (χ2n) is 6.14. The van der Waals surface area contributed by atoms with E-state index < -0.39 is 0 Å². The summed E-state index contributed by atoms with van der Waals surface area (Å²) in [5, 5.41) is 4.99. The highest BCUT2D eigenvalue weighted by molar-refractivity contribution is 8.00. The molecule has 1 N–H and O–H groups in total. The van der Waals surface area contributed by atoms with Gasteiger partial charge in [-0.15, -0.1) is 11.3 Å². The van der Waals surface area contributed by atoms with Crippen LogP contribution in [0.4, 0.5) is 5.69 Å². The fourth-order valence-electron chi connectivity index (χ4n) is 3.18. The molecule has 3 aromatic rings. The smallest absolute Gasteiger partial charge is 0.234 e. The van der Waals surface area contributed by atoms with E-state index in [0.717, 1.165) is 39.5 Å². The highest BCUT2D eigenvalue weighted by Gasteiger charge is 2.20. The lowest BCUT2D eigenvalue weighted by atomic mass is 9.97. The SMILES string of the molecule is COc1ccc(NC(=O)CSc2ncnc3sc4c(c23)CCCC4)cc1. The number of fused-ring (bicyclic) bond motifs is 3. The summed E-state index contributed by atoms with van der Waals surface area (Å²) < 4.78 is 5.13. The summed E-state index contributed by atoms with van der Waals surface area (Å²) in [5.41, 5.74) is 2.16. The molecule has 5 nitrogen and oxygen atoms in total. The van der Waals surface area contributed by atoms with E-state index in [9.17, 15) is 4.79 Å². The zero-order valence-electron chi connectivity index (χ0n) is 14.4. The van der Waals surface area contributed by atoms with Crippen LogP contribution >= 0.6 is 23.1 Å². The summed E-state index contributed by atoms with van der Waals surface area (Å²) >= 11 is 3.26. The largest absolute Gasteiger partial charge is 0.497 e. The Labute approximate surface area is 160 Å². The van der Waals surface area contributed by atoms with Gasteiger partial charge in [0.15, 0.2) is 0 Å². The van der Waals surface area contributed by atoms with Crippen molar-refractivity contribution in [3.05, 3.63) is 41.0 Å². The van der Waals surface area contributed by atoms with Crippen molar-refractivity contribution < 1.29 is 9.53 Å². The van der Waals surface area contributed by atoms with Gasteiger partial charge in [0.1, 0.15) is 21.9 Å². The van der Waals surface area contributed by atoms with Crippen molar-refractivity contribution in [1.29, 1.82) is 0 Å². The molecule has 1 aliphatic carbocycles. The minimum Gasteiger partial charge on any atom is -0.497 e. The lowest BCUT2D eigenvalue weighted by Gasteiger charge is -2.11. The minimum atomic E-state index is -0.0453. The molecule has 0 unspecified atom stereocenters. The normalized spacial score (nSPS) is 13.4. The van der Waals surface area contributed by atoms with Crippen LogP contribution in [0.2, 0.25) is 0 Å². The number of benzene rings is 1. The lowest BCUT2D eigenvalue weighted by Crippen LogP contribution is -2.14. The summed E-state index contributed by atoms with van der Waals surface area (Å²) in [6.07, 6.45) is 6.30. The number of anilines is 1. The lowest BCUT2D eigenvalue weighted by molar-refractivity contribution is -0.113. The number of nitrogens with one attached hydrogen (secondary N) is 1. The number of hydrogen-bond donors (Lipinski definition) is 1. The Balaban J connectivity index is 1.47. The highest BCUT2D eigenvalue weighted by atomic mass is 32.2. The Morgan fingerprint density at radius 1 is 1.23 bits per heavy atom. The third-order valence-electron chi connectivity index (χ3n) is 4.43. The molecule has 0 spiro atoms. The van der Waals surface area contributed by atoms with Crippen LogP contribution in [0.15, 0.2) is 35.6 Å². The van der Waals surface area contributed by atoms with Crippen molar-refractivity contribution in [2.24, 2.45) is 0 Å². The maximum absolute atomic E-state index is 12.3. The van der Waals surface area contributed by atoms with Gasteiger partial charge in [-0.25, -0.2) is 9.97 Å². The predicted molar refractivity (Wildman–Crippen MR) is 106 cm³/mol. The zero-order valence-corrected chi connectivity index (χ0v) is 16.1. The molecule has 0 bridgehead atoms. The number of amides is 1. The average molecular weight is 386 g/mol. The van der Waals surface area contributed by atoms with E-state index in [1.807, 2.05) is 24.3 Å². The van der Waals surface area contributed by atoms with Gasteiger partial charge < -0.3 is 10.1 Å². The molecule has 26 heavy (non-hydrogen) atoms. The first-order valence-corrected chi connectivity index (χ1v) is 10.4. The molecule has 1 aliphatic rings. The van der Waals surface area contributed by atoms with E-state index >= 15 is 0 Å². The number of rotatable bonds is 5. The highest BCUT2D eigenvalue weighted by Crippen LogP contribution is 2.39. The summed E-state index contributed by atoms with van der Waals surface area (Å²) in [6.45, 7) is 0. The van der Waals surface area contributed by atoms with Crippen molar-refractivity contribution in [2.45, 2.75) is 30.7 Å². The van der Waals surface area contributed by atoms with Crippen LogP contribution in [-0.2, 0) is 17.6 Å². The molecule has 2 aromatic heterocycles. The standard InChI is InChI=1S/C19H19N3O2S2/c1-24-13-8-6-12(7-9-13)22-16(23)10-25-18-17-14-4-2-3-5-15(14)26-19(17)21-11-20-18/h6-9,11H,2-5,10H2,1H3,(H,22,23). The molecular formula is C19H19N3O2S2. The number of aryl methyl sites for hydroxylation is 2. The average Bonchev–Trinajstić information content (AvgIpc) is 3.06. The van der Waals surface area contributed by atoms with Gasteiger partial charge in [-0.1, -0.05) is 11.8 Å². The van der Waals surface area contributed by atoms with Crippen molar-refractivity contribution in [1.82, 2.24) is 9.97 Å². The molecule has 2 heterocycles. The number of thiophene rings is 1. The quantitative estimate of drug-likeness (QED) is 0.524. The van der Waals surface area contributed by atoms with Crippen LogP contribution in [0.5, 0.6) is 5.75 Å². The van der Waals surface area contributed by atoms with Gasteiger partial charge in [-0.2, -0.15) is 0 Å². The number of ether oxygens (including phenoxy) is 1. The molecule has 0 saturated heterocycles. The van der Waals surface area contributed by atoms with Crippen molar-refractivity contribution in [3.63, 3.8) is 0 Å². The molecular weight excluding hydrogens is 366 g/mol. The molecule has 134 valence electrons. The first kappa shape index (κ1) is 17.3. The van der Waals surface area contributed by atoms with Crippen molar-refractivity contribution in [3.8, 4) is 5.75 Å². The Hall–Kier alpha value is -2.12. The van der Waals surface area contributed by atoms with Crippen LogP contribution in [0.25, 0.3) is 10.2 Å². The number of nitrogens with zero attached hydrogens (tertiary/aromatic N) is 2. The molecule has 1 aromatic carbocycles. The fourth-order valence-corrected chi connectivity index (χ4v) is 5.30. The summed E-state index contributed by atoms with van der Waals surface area (Å²) in [5.74, 6) is 1.04. The van der Waals surface area contributed by atoms with E-state index in [1.165, 1.54) is 35.0 Å². The number of carbonyl (C=O) groups is 1. The number of methoxy groups -OCH3 is 1. The van der Waals surface area contributed by atoms with E-state index in [0.29, 0.717) is 5.75 Å². The summed E-state index contributed by atoms with van der Waals surface area (Å²) in [4.78, 5) is 23.7. The molecule has 1 amide bonds. The summed E-state index contributed by atoms with van der Waals surface area (Å²) in [7, 11) is 1.62. The fraction of sp³-hybridized carbons (Fsp3) is 0.316. The monoisotopic (exact) mass is 385 g/mol. The van der Waals surface area contributed by atoms with Gasteiger partial charge >= 0.3 is 0 Å². The Morgan fingerprint density at radius 2 is 2.04 bits per heavy atom. The van der Waals surface area contributed by atoms with Gasteiger partial charge in [0.25, 0.3) is 0 Å². The summed E-state index contributed by atoms with van der Waals surface area (Å²) in [6, 6.07) is 7.32. The maximum atomic E-state index is 12.3. The maximum Gasteiger partial charge on any atom is 0.234 e. The topological polar surface area (TPSA) is 64.1 Å². The third kappa shape index (κ3) is 3.54. The second-order valence-corrected chi connectivity index (χ2v) is 8.18.